The van der Waals surface area contributed by atoms with Gasteiger partial charge in [0.05, 0.1) is 18.1 Å². The molecule has 0 unspecified atom stereocenters. The van der Waals surface area contributed by atoms with E-state index in [1.165, 1.54) is 0 Å². The summed E-state index contributed by atoms with van der Waals surface area (Å²) in [6.45, 7) is 5.81. The van der Waals surface area contributed by atoms with Crippen molar-refractivity contribution in [2.75, 3.05) is 6.61 Å². The van der Waals surface area contributed by atoms with Crippen LogP contribution in [0.25, 0.3) is 0 Å². The van der Waals surface area contributed by atoms with Crippen LogP contribution in [0.3, 0.4) is 0 Å². The van der Waals surface area contributed by atoms with Crippen LogP contribution in [-0.4, -0.2) is 23.8 Å². The molecule has 0 spiro atoms. The van der Waals surface area contributed by atoms with Crippen LogP contribution < -0.4 is 0 Å². The van der Waals surface area contributed by atoms with Crippen molar-refractivity contribution in [3.63, 3.8) is 0 Å². The smallest absolute Gasteiger partial charge is 0.315 e. The van der Waals surface area contributed by atoms with E-state index in [0.717, 1.165) is 12.8 Å². The Labute approximate surface area is 91.1 Å². The summed E-state index contributed by atoms with van der Waals surface area (Å²) in [5.74, 6) is -0.267. The third-order valence-electron chi connectivity index (χ3n) is 3.18. The van der Waals surface area contributed by atoms with Gasteiger partial charge in [0.1, 0.15) is 0 Å². The van der Waals surface area contributed by atoms with Gasteiger partial charge in [-0.3, -0.25) is 4.79 Å². The summed E-state index contributed by atoms with van der Waals surface area (Å²) < 4.78 is 5.06. The number of carbonyl (C=O) groups is 1. The van der Waals surface area contributed by atoms with Crippen LogP contribution in [0.4, 0.5) is 0 Å². The van der Waals surface area contributed by atoms with E-state index in [1.807, 2.05) is 0 Å². The quantitative estimate of drug-likeness (QED) is 0.573. The molecule has 2 atom stereocenters. The molecule has 0 bridgehead atoms. The van der Waals surface area contributed by atoms with Crippen LogP contribution >= 0.6 is 0 Å². The van der Waals surface area contributed by atoms with Crippen molar-refractivity contribution in [1.82, 2.24) is 0 Å². The summed E-state index contributed by atoms with van der Waals surface area (Å²) in [5, 5.41) is 10.00. The molecule has 0 saturated heterocycles. The third kappa shape index (κ3) is 2.40. The Balaban J connectivity index is 2.84. The lowest BCUT2D eigenvalue weighted by atomic mass is 9.69. The first kappa shape index (κ1) is 12.2. The Morgan fingerprint density at radius 3 is 2.93 bits per heavy atom. The van der Waals surface area contributed by atoms with E-state index in [2.05, 4.69) is 6.58 Å². The fraction of sp³-hybridized carbons (Fsp3) is 0.750. The first-order chi connectivity index (χ1) is 7.17. The van der Waals surface area contributed by atoms with Gasteiger partial charge in [-0.05, 0) is 26.2 Å². The van der Waals surface area contributed by atoms with Gasteiger partial charge in [0, 0.05) is 0 Å². The summed E-state index contributed by atoms with van der Waals surface area (Å²) in [4.78, 5) is 11.9. The predicted molar refractivity (Wildman–Crippen MR) is 58.4 cm³/mol. The molecule has 1 N–H and O–H groups in total. The molecule has 1 aliphatic carbocycles. The Bertz CT molecular complexity index is 237. The van der Waals surface area contributed by atoms with E-state index in [0.29, 0.717) is 25.9 Å². The molecule has 0 aliphatic heterocycles. The van der Waals surface area contributed by atoms with E-state index in [9.17, 15) is 9.90 Å². The highest BCUT2D eigenvalue weighted by Gasteiger charge is 2.46. The van der Waals surface area contributed by atoms with Crippen molar-refractivity contribution in [2.24, 2.45) is 5.41 Å². The Morgan fingerprint density at radius 2 is 2.40 bits per heavy atom. The fourth-order valence-corrected chi connectivity index (χ4v) is 2.31. The highest BCUT2D eigenvalue weighted by atomic mass is 16.5. The minimum Gasteiger partial charge on any atom is -0.465 e. The molecule has 0 radical (unpaired) electrons. The zero-order valence-corrected chi connectivity index (χ0v) is 9.37. The van der Waals surface area contributed by atoms with Gasteiger partial charge in [-0.25, -0.2) is 0 Å². The SMILES string of the molecule is C=CC[C@@]1(C(=O)OCC)CCCC[C@H]1O. The Hall–Kier alpha value is -0.830. The summed E-state index contributed by atoms with van der Waals surface area (Å²) in [5.41, 5.74) is -0.726. The van der Waals surface area contributed by atoms with E-state index in [-0.39, 0.29) is 5.97 Å². The number of rotatable bonds is 4. The number of aliphatic hydroxyl groups is 1. The van der Waals surface area contributed by atoms with Crippen molar-refractivity contribution in [3.8, 4) is 0 Å². The van der Waals surface area contributed by atoms with Crippen molar-refractivity contribution in [3.05, 3.63) is 12.7 Å². The van der Waals surface area contributed by atoms with E-state index >= 15 is 0 Å². The molecular weight excluding hydrogens is 192 g/mol. The maximum Gasteiger partial charge on any atom is 0.315 e. The van der Waals surface area contributed by atoms with Gasteiger partial charge >= 0.3 is 5.97 Å². The molecule has 15 heavy (non-hydrogen) atoms. The zero-order chi connectivity index (χ0) is 11.3. The van der Waals surface area contributed by atoms with Crippen LogP contribution in [0, 0.1) is 5.41 Å². The molecule has 86 valence electrons. The van der Waals surface area contributed by atoms with E-state index in [4.69, 9.17) is 4.74 Å². The van der Waals surface area contributed by atoms with Gasteiger partial charge in [0.2, 0.25) is 0 Å². The molecule has 0 aromatic carbocycles. The second-order valence-electron chi connectivity index (χ2n) is 4.13. The van der Waals surface area contributed by atoms with Gasteiger partial charge in [-0.1, -0.05) is 18.9 Å². The molecule has 0 aromatic heterocycles. The Kier molecular flexibility index (Phi) is 4.33. The molecule has 3 nitrogen and oxygen atoms in total. The second-order valence-corrected chi connectivity index (χ2v) is 4.13. The van der Waals surface area contributed by atoms with Crippen LogP contribution in [0.2, 0.25) is 0 Å². The first-order valence-corrected chi connectivity index (χ1v) is 5.63. The second kappa shape index (κ2) is 5.31. The minimum absolute atomic E-state index is 0.267. The fourth-order valence-electron chi connectivity index (χ4n) is 2.31. The lowest BCUT2D eigenvalue weighted by Gasteiger charge is -2.38. The van der Waals surface area contributed by atoms with E-state index < -0.39 is 11.5 Å². The number of esters is 1. The van der Waals surface area contributed by atoms with Crippen LogP contribution in [-0.2, 0) is 9.53 Å². The first-order valence-electron chi connectivity index (χ1n) is 5.63. The molecule has 0 heterocycles. The van der Waals surface area contributed by atoms with Crippen molar-refractivity contribution < 1.29 is 14.6 Å². The maximum atomic E-state index is 11.9. The van der Waals surface area contributed by atoms with Gasteiger partial charge in [0.25, 0.3) is 0 Å². The number of hydrogen-bond acceptors (Lipinski definition) is 3. The molecule has 1 fully saturated rings. The van der Waals surface area contributed by atoms with Crippen molar-refractivity contribution in [2.45, 2.75) is 45.1 Å². The van der Waals surface area contributed by atoms with Crippen LogP contribution in [0.1, 0.15) is 39.0 Å². The lowest BCUT2D eigenvalue weighted by molar-refractivity contribution is -0.166. The number of carbonyl (C=O) groups excluding carboxylic acids is 1. The largest absolute Gasteiger partial charge is 0.465 e. The highest BCUT2D eigenvalue weighted by molar-refractivity contribution is 5.78. The highest BCUT2D eigenvalue weighted by Crippen LogP contribution is 2.41. The average molecular weight is 212 g/mol. The monoisotopic (exact) mass is 212 g/mol. The topological polar surface area (TPSA) is 46.5 Å². The van der Waals surface area contributed by atoms with Gasteiger partial charge in [-0.2, -0.15) is 0 Å². The number of hydrogen-bond donors (Lipinski definition) is 1. The number of ether oxygens (including phenoxy) is 1. The van der Waals surface area contributed by atoms with Gasteiger partial charge < -0.3 is 9.84 Å². The van der Waals surface area contributed by atoms with Crippen molar-refractivity contribution in [1.29, 1.82) is 0 Å². The van der Waals surface area contributed by atoms with Crippen LogP contribution in [0.15, 0.2) is 12.7 Å². The van der Waals surface area contributed by atoms with Gasteiger partial charge in [-0.15, -0.1) is 6.58 Å². The van der Waals surface area contributed by atoms with Crippen molar-refractivity contribution >= 4 is 5.97 Å². The minimum atomic E-state index is -0.726. The standard InChI is InChI=1S/C12H20O3/c1-3-8-12(11(14)15-4-2)9-6-5-7-10(12)13/h3,10,13H,1,4-9H2,2H3/t10-,12-/m1/s1. The molecule has 1 rings (SSSR count). The molecule has 3 heteroatoms. The lowest BCUT2D eigenvalue weighted by Crippen LogP contribution is -2.45. The average Bonchev–Trinajstić information content (AvgIpc) is 2.22. The summed E-state index contributed by atoms with van der Waals surface area (Å²) in [6, 6.07) is 0. The predicted octanol–water partition coefficient (Wildman–Crippen LogP) is 2.05. The summed E-state index contributed by atoms with van der Waals surface area (Å²) in [7, 11) is 0. The van der Waals surface area contributed by atoms with Crippen LogP contribution in [0.5, 0.6) is 0 Å². The summed E-state index contributed by atoms with van der Waals surface area (Å²) >= 11 is 0. The number of allylic oxidation sites excluding steroid dienone is 1. The molecule has 0 aromatic rings. The normalized spacial score (nSPS) is 30.9. The molecule has 1 aliphatic rings. The van der Waals surface area contributed by atoms with E-state index in [1.54, 1.807) is 13.0 Å². The number of aliphatic hydroxyl groups excluding tert-OH is 1. The zero-order valence-electron chi connectivity index (χ0n) is 9.37. The molecule has 1 saturated carbocycles. The Morgan fingerprint density at radius 1 is 1.67 bits per heavy atom. The maximum absolute atomic E-state index is 11.9. The summed E-state index contributed by atoms with van der Waals surface area (Å²) in [6.07, 6.45) is 4.98. The molecule has 0 amide bonds. The van der Waals surface area contributed by atoms with Gasteiger partial charge in [0.15, 0.2) is 0 Å². The third-order valence-corrected chi connectivity index (χ3v) is 3.18. The molecular formula is C12H20O3.